The molecule has 0 aromatic heterocycles. The summed E-state index contributed by atoms with van der Waals surface area (Å²) in [6.45, 7) is 1.11. The minimum absolute atomic E-state index is 0.0277. The van der Waals surface area contributed by atoms with Gasteiger partial charge in [-0.25, -0.2) is 5.43 Å². The number of amides is 1. The normalized spacial score (nSPS) is 10.6. The standard InChI is InChI=1S/C17H16N4O8/c1-10-3-6-14(12(7-10)20(24)25)29-9-15(23)19-18-8-11-4-5-13(22)17(28-2)16(11)21(26)27/h3-8,22H,9H2,1-2H3,(H,19,23). The van der Waals surface area contributed by atoms with Gasteiger partial charge in [-0.05, 0) is 30.7 Å². The minimum atomic E-state index is -0.763. The number of aryl methyl sites for hydroxylation is 1. The Balaban J connectivity index is 2.06. The highest BCUT2D eigenvalue weighted by Crippen LogP contribution is 2.37. The third kappa shape index (κ3) is 5.15. The number of nitrogens with one attached hydrogen (secondary N) is 1. The topological polar surface area (TPSA) is 166 Å². The van der Waals surface area contributed by atoms with Crippen LogP contribution in [0.5, 0.6) is 17.2 Å². The van der Waals surface area contributed by atoms with Crippen LogP contribution in [-0.2, 0) is 4.79 Å². The van der Waals surface area contributed by atoms with Crippen molar-refractivity contribution >= 4 is 23.5 Å². The number of phenols is 1. The summed E-state index contributed by atoms with van der Waals surface area (Å²) in [5.41, 5.74) is 1.90. The van der Waals surface area contributed by atoms with Crippen LogP contribution in [0.4, 0.5) is 11.4 Å². The Bertz CT molecular complexity index is 990. The lowest BCUT2D eigenvalue weighted by Crippen LogP contribution is -2.24. The number of nitro groups is 2. The molecule has 2 N–H and O–H groups in total. The summed E-state index contributed by atoms with van der Waals surface area (Å²) >= 11 is 0. The maximum atomic E-state index is 11.8. The van der Waals surface area contributed by atoms with Crippen LogP contribution in [0.15, 0.2) is 35.4 Å². The molecule has 2 rings (SSSR count). The van der Waals surface area contributed by atoms with Crippen molar-refractivity contribution in [2.24, 2.45) is 5.10 Å². The third-order valence-corrected chi connectivity index (χ3v) is 3.59. The number of ether oxygens (including phenoxy) is 2. The van der Waals surface area contributed by atoms with E-state index < -0.39 is 33.8 Å². The summed E-state index contributed by atoms with van der Waals surface area (Å²) in [6, 6.07) is 6.67. The highest BCUT2D eigenvalue weighted by atomic mass is 16.6. The third-order valence-electron chi connectivity index (χ3n) is 3.59. The highest BCUT2D eigenvalue weighted by Gasteiger charge is 2.23. The fourth-order valence-electron chi connectivity index (χ4n) is 2.31. The second-order valence-electron chi connectivity index (χ2n) is 5.62. The average molecular weight is 404 g/mol. The Labute approximate surface area is 163 Å². The van der Waals surface area contributed by atoms with Gasteiger partial charge in [0.1, 0.15) is 0 Å². The molecule has 12 heteroatoms. The summed E-state index contributed by atoms with van der Waals surface area (Å²) in [7, 11) is 1.16. The van der Waals surface area contributed by atoms with Crippen molar-refractivity contribution in [2.75, 3.05) is 13.7 Å². The average Bonchev–Trinajstić information content (AvgIpc) is 2.67. The number of methoxy groups -OCH3 is 1. The quantitative estimate of drug-likeness (QED) is 0.383. The molecule has 0 aliphatic rings. The van der Waals surface area contributed by atoms with Gasteiger partial charge in [-0.1, -0.05) is 6.07 Å². The molecular weight excluding hydrogens is 388 g/mol. The molecule has 0 saturated heterocycles. The summed E-state index contributed by atoms with van der Waals surface area (Å²) in [5.74, 6) is -1.60. The van der Waals surface area contributed by atoms with Crippen LogP contribution in [0.25, 0.3) is 0 Å². The SMILES string of the molecule is COc1c(O)ccc(C=NNC(=O)COc2ccc(C)cc2[N+](=O)[O-])c1[N+](=O)[O-]. The van der Waals surface area contributed by atoms with E-state index in [1.165, 1.54) is 24.3 Å². The number of carbonyl (C=O) groups is 1. The zero-order valence-electron chi connectivity index (χ0n) is 15.3. The van der Waals surface area contributed by atoms with E-state index >= 15 is 0 Å². The second kappa shape index (κ2) is 9.12. The number of aromatic hydroxyl groups is 1. The van der Waals surface area contributed by atoms with E-state index in [4.69, 9.17) is 9.47 Å². The van der Waals surface area contributed by atoms with Gasteiger partial charge in [0.25, 0.3) is 5.91 Å². The van der Waals surface area contributed by atoms with Gasteiger partial charge < -0.3 is 14.6 Å². The van der Waals surface area contributed by atoms with Gasteiger partial charge in [0.15, 0.2) is 18.1 Å². The first-order chi connectivity index (χ1) is 13.7. The summed E-state index contributed by atoms with van der Waals surface area (Å²) in [5, 5.41) is 35.5. The highest BCUT2D eigenvalue weighted by molar-refractivity contribution is 5.89. The molecule has 0 fully saturated rings. The van der Waals surface area contributed by atoms with Crippen LogP contribution in [-0.4, -0.2) is 40.8 Å². The number of nitro benzene ring substituents is 2. The number of hydrogen-bond acceptors (Lipinski definition) is 9. The van der Waals surface area contributed by atoms with Gasteiger partial charge in [-0.3, -0.25) is 25.0 Å². The molecule has 12 nitrogen and oxygen atoms in total. The van der Waals surface area contributed by atoms with Crippen molar-refractivity contribution in [1.29, 1.82) is 0 Å². The van der Waals surface area contributed by atoms with E-state index in [1.807, 2.05) is 0 Å². The molecule has 1 amide bonds. The number of hydrogen-bond donors (Lipinski definition) is 2. The molecule has 0 heterocycles. The molecule has 0 spiro atoms. The predicted octanol–water partition coefficient (Wildman–Crippen LogP) is 2.05. The fourth-order valence-corrected chi connectivity index (χ4v) is 2.31. The van der Waals surface area contributed by atoms with Crippen LogP contribution < -0.4 is 14.9 Å². The molecule has 2 aromatic rings. The van der Waals surface area contributed by atoms with Gasteiger partial charge in [0.2, 0.25) is 5.75 Å². The first-order valence-electron chi connectivity index (χ1n) is 7.98. The Morgan fingerprint density at radius 1 is 1.24 bits per heavy atom. The number of hydrazone groups is 1. The lowest BCUT2D eigenvalue weighted by molar-refractivity contribution is -0.386. The molecule has 2 aromatic carbocycles. The van der Waals surface area contributed by atoms with Crippen molar-refractivity contribution in [3.05, 3.63) is 61.7 Å². The van der Waals surface area contributed by atoms with Crippen LogP contribution in [0, 0.1) is 27.2 Å². The van der Waals surface area contributed by atoms with Crippen LogP contribution in [0.2, 0.25) is 0 Å². The largest absolute Gasteiger partial charge is 0.504 e. The number of nitrogens with zero attached hydrogens (tertiary/aromatic N) is 3. The maximum Gasteiger partial charge on any atom is 0.323 e. The molecule has 152 valence electrons. The molecule has 0 radical (unpaired) electrons. The van der Waals surface area contributed by atoms with E-state index in [9.17, 15) is 30.1 Å². The van der Waals surface area contributed by atoms with E-state index in [-0.39, 0.29) is 22.7 Å². The molecular formula is C17H16N4O8. The van der Waals surface area contributed by atoms with Gasteiger partial charge in [-0.15, -0.1) is 0 Å². The molecule has 0 atom stereocenters. The Morgan fingerprint density at radius 2 is 1.97 bits per heavy atom. The van der Waals surface area contributed by atoms with Crippen LogP contribution >= 0.6 is 0 Å². The predicted molar refractivity (Wildman–Crippen MR) is 100 cm³/mol. The molecule has 0 bridgehead atoms. The van der Waals surface area contributed by atoms with Crippen molar-refractivity contribution in [3.63, 3.8) is 0 Å². The first-order valence-corrected chi connectivity index (χ1v) is 7.98. The Morgan fingerprint density at radius 3 is 2.59 bits per heavy atom. The maximum absolute atomic E-state index is 11.8. The lowest BCUT2D eigenvalue weighted by atomic mass is 10.1. The zero-order valence-corrected chi connectivity index (χ0v) is 15.3. The minimum Gasteiger partial charge on any atom is -0.504 e. The number of rotatable bonds is 8. The number of carbonyl (C=O) groups excluding carboxylic acids is 1. The molecule has 29 heavy (non-hydrogen) atoms. The first kappa shape index (κ1) is 21.1. The van der Waals surface area contributed by atoms with Crippen LogP contribution in [0.1, 0.15) is 11.1 Å². The van der Waals surface area contributed by atoms with Crippen molar-refractivity contribution in [1.82, 2.24) is 5.43 Å². The Kier molecular flexibility index (Phi) is 6.63. The second-order valence-corrected chi connectivity index (χ2v) is 5.62. The van der Waals surface area contributed by atoms with Gasteiger partial charge in [-0.2, -0.15) is 5.10 Å². The van der Waals surface area contributed by atoms with E-state index in [2.05, 4.69) is 10.5 Å². The lowest BCUT2D eigenvalue weighted by Gasteiger charge is -2.07. The van der Waals surface area contributed by atoms with Crippen molar-refractivity contribution < 1.29 is 29.2 Å². The molecule has 0 saturated carbocycles. The summed E-state index contributed by atoms with van der Waals surface area (Å²) in [4.78, 5) is 32.7. The molecule has 0 aliphatic carbocycles. The smallest absolute Gasteiger partial charge is 0.323 e. The van der Waals surface area contributed by atoms with Gasteiger partial charge in [0.05, 0.1) is 28.7 Å². The number of benzene rings is 2. The van der Waals surface area contributed by atoms with Gasteiger partial charge in [0, 0.05) is 6.07 Å². The number of phenolic OH excluding ortho intramolecular Hbond substituents is 1. The monoisotopic (exact) mass is 404 g/mol. The van der Waals surface area contributed by atoms with Crippen molar-refractivity contribution in [3.8, 4) is 17.2 Å². The van der Waals surface area contributed by atoms with Gasteiger partial charge >= 0.3 is 11.4 Å². The fraction of sp³-hybridized carbons (Fsp3) is 0.176. The van der Waals surface area contributed by atoms with Crippen LogP contribution in [0.3, 0.4) is 0 Å². The summed E-state index contributed by atoms with van der Waals surface area (Å²) in [6.07, 6.45) is 0.992. The Hall–Kier alpha value is -4.22. The van der Waals surface area contributed by atoms with E-state index in [1.54, 1.807) is 13.0 Å². The summed E-state index contributed by atoms with van der Waals surface area (Å²) < 4.78 is 9.96. The van der Waals surface area contributed by atoms with Crippen molar-refractivity contribution in [2.45, 2.75) is 6.92 Å². The molecule has 0 aliphatic heterocycles. The molecule has 0 unspecified atom stereocenters. The zero-order chi connectivity index (χ0) is 21.6. The van der Waals surface area contributed by atoms with E-state index in [0.29, 0.717) is 5.56 Å². The van der Waals surface area contributed by atoms with E-state index in [0.717, 1.165) is 13.3 Å².